The average molecular weight is 494 g/mol. The van der Waals surface area contributed by atoms with Crippen LogP contribution in [0.4, 0.5) is 5.95 Å². The van der Waals surface area contributed by atoms with Gasteiger partial charge in [-0.15, -0.1) is 0 Å². The zero-order valence-electron chi connectivity index (χ0n) is 18.7. The Morgan fingerprint density at radius 3 is 2.13 bits per heavy atom. The van der Waals surface area contributed by atoms with E-state index in [1.54, 1.807) is 33.0 Å². The lowest BCUT2D eigenvalue weighted by molar-refractivity contribution is 0.189. The lowest BCUT2D eigenvalue weighted by atomic mass is 10.1. The molecule has 0 aliphatic rings. The first kappa shape index (κ1) is 23.2. The minimum absolute atomic E-state index is 0.558. The van der Waals surface area contributed by atoms with Gasteiger partial charge in [-0.2, -0.15) is 14.6 Å². The van der Waals surface area contributed by atoms with Gasteiger partial charge in [0.1, 0.15) is 5.82 Å². The predicted octanol–water partition coefficient (Wildman–Crippen LogP) is 3.29. The first-order valence-corrected chi connectivity index (χ1v) is 10.6. The quantitative estimate of drug-likeness (QED) is 0.425. The Balaban J connectivity index is 2.21. The van der Waals surface area contributed by atoms with Crippen molar-refractivity contribution in [1.29, 1.82) is 0 Å². The van der Waals surface area contributed by atoms with Crippen molar-refractivity contribution in [3.8, 4) is 22.6 Å². The Morgan fingerprint density at radius 1 is 0.935 bits per heavy atom. The van der Waals surface area contributed by atoms with Crippen LogP contribution in [0.1, 0.15) is 11.5 Å². The summed E-state index contributed by atoms with van der Waals surface area (Å²) in [5.41, 5.74) is 3.35. The molecule has 9 nitrogen and oxygen atoms in total. The van der Waals surface area contributed by atoms with Crippen molar-refractivity contribution in [3.05, 3.63) is 28.1 Å². The molecule has 2 aromatic heterocycles. The minimum atomic E-state index is 0.558. The summed E-state index contributed by atoms with van der Waals surface area (Å²) < 4.78 is 24.2. The molecule has 0 radical (unpaired) electrons. The Bertz CT molecular complexity index is 1050. The molecule has 0 aliphatic carbocycles. The van der Waals surface area contributed by atoms with E-state index in [0.29, 0.717) is 55.2 Å². The van der Waals surface area contributed by atoms with Crippen molar-refractivity contribution in [3.63, 3.8) is 0 Å². The third-order valence-corrected chi connectivity index (χ3v) is 5.57. The molecule has 3 aromatic rings. The first-order valence-electron chi connectivity index (χ1n) is 9.83. The summed E-state index contributed by atoms with van der Waals surface area (Å²) in [6.07, 6.45) is 0. The first-order chi connectivity index (χ1) is 14.9. The lowest BCUT2D eigenvalue weighted by Gasteiger charge is -2.23. The van der Waals surface area contributed by atoms with E-state index >= 15 is 0 Å². The number of fused-ring (bicyclic) bond motifs is 1. The number of hydrogen-bond acceptors (Lipinski definition) is 8. The maximum atomic E-state index is 5.51. The molecule has 31 heavy (non-hydrogen) atoms. The molecule has 10 heteroatoms. The molecule has 0 atom stereocenters. The summed E-state index contributed by atoms with van der Waals surface area (Å²) in [5.74, 6) is 2.62. The number of benzene rings is 1. The molecule has 0 saturated heterocycles. The largest absolute Gasteiger partial charge is 0.493 e. The van der Waals surface area contributed by atoms with Crippen LogP contribution in [0.15, 0.2) is 16.6 Å². The fourth-order valence-electron chi connectivity index (χ4n) is 3.41. The van der Waals surface area contributed by atoms with Gasteiger partial charge in [0, 0.05) is 37.3 Å². The molecular formula is C21H28BrN5O4. The van der Waals surface area contributed by atoms with Crippen LogP contribution >= 0.6 is 15.9 Å². The van der Waals surface area contributed by atoms with Gasteiger partial charge in [0.15, 0.2) is 17.1 Å². The highest BCUT2D eigenvalue weighted by Gasteiger charge is 2.23. The zero-order chi connectivity index (χ0) is 22.5. The van der Waals surface area contributed by atoms with Crippen LogP contribution in [0.2, 0.25) is 0 Å². The average Bonchev–Trinajstić information content (AvgIpc) is 3.08. The van der Waals surface area contributed by atoms with Crippen LogP contribution in [-0.2, 0) is 9.47 Å². The lowest BCUT2D eigenvalue weighted by Crippen LogP contribution is -2.33. The highest BCUT2D eigenvalue weighted by Crippen LogP contribution is 2.41. The van der Waals surface area contributed by atoms with E-state index < -0.39 is 0 Å². The number of rotatable bonds is 10. The fraction of sp³-hybridized carbons (Fsp3) is 0.476. The second-order valence-electron chi connectivity index (χ2n) is 6.93. The summed E-state index contributed by atoms with van der Waals surface area (Å²) in [7, 11) is 6.59. The summed E-state index contributed by atoms with van der Waals surface area (Å²) in [6.45, 7) is 6.26. The molecule has 1 aromatic carbocycles. The number of methoxy groups -OCH3 is 4. The highest BCUT2D eigenvalue weighted by molar-refractivity contribution is 9.10. The number of aryl methyl sites for hydroxylation is 2. The molecule has 0 saturated carbocycles. The maximum absolute atomic E-state index is 5.51. The molecule has 0 aliphatic heterocycles. The molecule has 0 spiro atoms. The number of anilines is 1. The Labute approximate surface area is 190 Å². The number of ether oxygens (including phenoxy) is 4. The summed E-state index contributed by atoms with van der Waals surface area (Å²) in [5, 5.41) is 4.78. The summed E-state index contributed by atoms with van der Waals surface area (Å²) in [4.78, 5) is 11.5. The van der Waals surface area contributed by atoms with Crippen LogP contribution in [0.5, 0.6) is 11.5 Å². The molecule has 2 heterocycles. The molecule has 168 valence electrons. The molecule has 3 rings (SSSR count). The third-order valence-electron chi connectivity index (χ3n) is 4.91. The molecule has 0 fully saturated rings. The standard InChI is InChI=1S/C21H28BrN5O4/c1-13-19(15-11-17(30-5)18(31-6)12-16(15)22)20-23-14(2)24-21(27(20)25-13)26(7-9-28-3)8-10-29-4/h11-12H,7-10H2,1-6H3. The normalized spacial score (nSPS) is 11.2. The van der Waals surface area contributed by atoms with E-state index in [0.717, 1.165) is 21.3 Å². The van der Waals surface area contributed by atoms with Crippen LogP contribution in [0.3, 0.4) is 0 Å². The smallest absolute Gasteiger partial charge is 0.230 e. The highest BCUT2D eigenvalue weighted by atomic mass is 79.9. The third kappa shape index (κ3) is 4.76. The van der Waals surface area contributed by atoms with Crippen LogP contribution in [0, 0.1) is 13.8 Å². The van der Waals surface area contributed by atoms with Gasteiger partial charge in [-0.05, 0) is 26.0 Å². The number of hydrogen-bond donors (Lipinski definition) is 0. The van der Waals surface area contributed by atoms with Crippen LogP contribution in [-0.4, -0.2) is 74.3 Å². The van der Waals surface area contributed by atoms with Gasteiger partial charge in [0.2, 0.25) is 5.95 Å². The van der Waals surface area contributed by atoms with E-state index in [2.05, 4.69) is 25.8 Å². The van der Waals surface area contributed by atoms with Crippen molar-refractivity contribution in [2.45, 2.75) is 13.8 Å². The van der Waals surface area contributed by atoms with Gasteiger partial charge in [-0.25, -0.2) is 4.98 Å². The van der Waals surface area contributed by atoms with Gasteiger partial charge < -0.3 is 23.8 Å². The minimum Gasteiger partial charge on any atom is -0.493 e. The van der Waals surface area contributed by atoms with E-state index in [9.17, 15) is 0 Å². The number of aromatic nitrogens is 4. The number of nitrogens with zero attached hydrogens (tertiary/aromatic N) is 5. The molecular weight excluding hydrogens is 466 g/mol. The second-order valence-corrected chi connectivity index (χ2v) is 7.78. The van der Waals surface area contributed by atoms with E-state index in [1.807, 2.05) is 26.0 Å². The summed E-state index contributed by atoms with van der Waals surface area (Å²) in [6, 6.07) is 3.81. The Kier molecular flexibility index (Phi) is 7.69. The molecule has 0 bridgehead atoms. The maximum Gasteiger partial charge on any atom is 0.230 e. The van der Waals surface area contributed by atoms with Crippen molar-refractivity contribution in [2.24, 2.45) is 0 Å². The van der Waals surface area contributed by atoms with Crippen LogP contribution in [0.25, 0.3) is 16.8 Å². The Morgan fingerprint density at radius 2 is 1.55 bits per heavy atom. The van der Waals surface area contributed by atoms with E-state index in [1.165, 1.54) is 0 Å². The summed E-state index contributed by atoms with van der Waals surface area (Å²) >= 11 is 3.67. The van der Waals surface area contributed by atoms with Gasteiger partial charge in [-0.1, -0.05) is 15.9 Å². The Hall–Kier alpha value is -2.43. The van der Waals surface area contributed by atoms with Crippen molar-refractivity contribution in [2.75, 3.05) is 59.6 Å². The predicted molar refractivity (Wildman–Crippen MR) is 122 cm³/mol. The number of halogens is 1. The van der Waals surface area contributed by atoms with Gasteiger partial charge >= 0.3 is 0 Å². The van der Waals surface area contributed by atoms with Crippen LogP contribution < -0.4 is 14.4 Å². The van der Waals surface area contributed by atoms with Gasteiger partial charge in [0.05, 0.1) is 38.7 Å². The van der Waals surface area contributed by atoms with Gasteiger partial charge in [0.25, 0.3) is 0 Å². The molecule has 0 N–H and O–H groups in total. The fourth-order valence-corrected chi connectivity index (χ4v) is 3.93. The van der Waals surface area contributed by atoms with Crippen molar-refractivity contribution in [1.82, 2.24) is 19.6 Å². The van der Waals surface area contributed by atoms with Crippen molar-refractivity contribution >= 4 is 27.5 Å². The second kappa shape index (κ2) is 10.3. The molecule has 0 unspecified atom stereocenters. The van der Waals surface area contributed by atoms with Gasteiger partial charge in [-0.3, -0.25) is 0 Å². The van der Waals surface area contributed by atoms with E-state index in [4.69, 9.17) is 29.0 Å². The monoisotopic (exact) mass is 493 g/mol. The van der Waals surface area contributed by atoms with E-state index in [-0.39, 0.29) is 0 Å². The topological polar surface area (TPSA) is 83.2 Å². The van der Waals surface area contributed by atoms with Crippen molar-refractivity contribution < 1.29 is 18.9 Å². The SMILES string of the molecule is COCCN(CCOC)c1nc(C)nc2c(-c3cc(OC)c(OC)cc3Br)c(C)nn12. The zero-order valence-corrected chi connectivity index (χ0v) is 20.3. The molecule has 0 amide bonds.